The molecule has 112 valence electrons. The Balaban J connectivity index is 1.87. The van der Waals surface area contributed by atoms with Gasteiger partial charge in [0.05, 0.1) is 17.2 Å². The zero-order valence-electron chi connectivity index (χ0n) is 10.9. The van der Waals surface area contributed by atoms with E-state index in [9.17, 15) is 13.2 Å². The standard InChI is InChI=1S/C13H13ClN2O3S2/c14-7-1-2-9-10(5-7)20-12(11(9)15)13(17)16-8-3-4-21(18,19)6-8/h1-2,5,8H,3-4,6,15H2,(H,16,17). The lowest BCUT2D eigenvalue weighted by Crippen LogP contribution is -2.35. The summed E-state index contributed by atoms with van der Waals surface area (Å²) >= 11 is 7.19. The summed E-state index contributed by atoms with van der Waals surface area (Å²) in [5.41, 5.74) is 6.41. The second kappa shape index (κ2) is 5.15. The normalized spacial score (nSPS) is 20.7. The van der Waals surface area contributed by atoms with Crippen LogP contribution in [0.4, 0.5) is 5.69 Å². The molecule has 1 atom stereocenters. The van der Waals surface area contributed by atoms with Crippen molar-refractivity contribution in [2.45, 2.75) is 12.5 Å². The van der Waals surface area contributed by atoms with Crippen LogP contribution in [0.15, 0.2) is 18.2 Å². The van der Waals surface area contributed by atoms with E-state index in [1.807, 2.05) is 0 Å². The van der Waals surface area contributed by atoms with E-state index in [1.54, 1.807) is 18.2 Å². The lowest BCUT2D eigenvalue weighted by molar-refractivity contribution is 0.0946. The first-order valence-corrected chi connectivity index (χ1v) is 9.36. The van der Waals surface area contributed by atoms with Crippen LogP contribution in [0.5, 0.6) is 0 Å². The van der Waals surface area contributed by atoms with Crippen molar-refractivity contribution in [1.29, 1.82) is 0 Å². The fourth-order valence-corrected chi connectivity index (χ4v) is 5.39. The molecular weight excluding hydrogens is 332 g/mol. The number of carbonyl (C=O) groups excluding carboxylic acids is 1. The molecular formula is C13H13ClN2O3S2. The SMILES string of the molecule is Nc1c(C(=O)NC2CCS(=O)(=O)C2)sc2cc(Cl)ccc12. The van der Waals surface area contributed by atoms with Crippen LogP contribution in [0, 0.1) is 0 Å². The second-order valence-corrected chi connectivity index (χ2v) is 8.78. The van der Waals surface area contributed by atoms with Gasteiger partial charge in [0.2, 0.25) is 0 Å². The van der Waals surface area contributed by atoms with Gasteiger partial charge in [0, 0.05) is 21.2 Å². The van der Waals surface area contributed by atoms with Crippen LogP contribution in [-0.4, -0.2) is 31.9 Å². The fraction of sp³-hybridized carbons (Fsp3) is 0.308. The highest BCUT2D eigenvalue weighted by molar-refractivity contribution is 7.91. The number of thiophene rings is 1. The van der Waals surface area contributed by atoms with Gasteiger partial charge in [0.1, 0.15) is 4.88 Å². The van der Waals surface area contributed by atoms with Crippen molar-refractivity contribution in [2.75, 3.05) is 17.2 Å². The Kier molecular flexibility index (Phi) is 3.59. The molecule has 2 heterocycles. The number of sulfone groups is 1. The van der Waals surface area contributed by atoms with Crippen molar-refractivity contribution >= 4 is 54.5 Å². The number of carbonyl (C=O) groups is 1. The first-order valence-electron chi connectivity index (χ1n) is 6.34. The third-order valence-electron chi connectivity index (χ3n) is 3.46. The van der Waals surface area contributed by atoms with Gasteiger partial charge < -0.3 is 11.1 Å². The molecule has 2 aromatic rings. The number of nitrogen functional groups attached to an aromatic ring is 1. The van der Waals surface area contributed by atoms with Crippen LogP contribution >= 0.6 is 22.9 Å². The predicted molar refractivity (Wildman–Crippen MR) is 85.8 cm³/mol. The van der Waals surface area contributed by atoms with Crippen LogP contribution in [0.25, 0.3) is 10.1 Å². The number of nitrogens with two attached hydrogens (primary N) is 1. The summed E-state index contributed by atoms with van der Waals surface area (Å²) in [4.78, 5) is 12.7. The maximum absolute atomic E-state index is 12.3. The van der Waals surface area contributed by atoms with Gasteiger partial charge in [-0.1, -0.05) is 11.6 Å². The summed E-state index contributed by atoms with van der Waals surface area (Å²) in [5.74, 6) is -0.211. The first-order chi connectivity index (χ1) is 9.85. The molecule has 1 aliphatic heterocycles. The smallest absolute Gasteiger partial charge is 0.263 e. The molecule has 0 spiro atoms. The van der Waals surface area contributed by atoms with E-state index in [0.717, 1.165) is 10.1 Å². The molecule has 3 N–H and O–H groups in total. The molecule has 1 saturated heterocycles. The number of hydrogen-bond donors (Lipinski definition) is 2. The average Bonchev–Trinajstić information content (AvgIpc) is 2.90. The third kappa shape index (κ3) is 2.86. The quantitative estimate of drug-likeness (QED) is 0.872. The van der Waals surface area contributed by atoms with Gasteiger partial charge in [-0.2, -0.15) is 0 Å². The highest BCUT2D eigenvalue weighted by Gasteiger charge is 2.30. The molecule has 1 fully saturated rings. The van der Waals surface area contributed by atoms with Crippen molar-refractivity contribution in [3.05, 3.63) is 28.1 Å². The summed E-state index contributed by atoms with van der Waals surface area (Å²) in [5, 5.41) is 4.11. The van der Waals surface area contributed by atoms with Gasteiger partial charge in [-0.3, -0.25) is 4.79 Å². The van der Waals surface area contributed by atoms with Crippen LogP contribution < -0.4 is 11.1 Å². The monoisotopic (exact) mass is 344 g/mol. The Labute approximate surface area is 131 Å². The molecule has 1 unspecified atom stereocenters. The largest absolute Gasteiger partial charge is 0.397 e. The van der Waals surface area contributed by atoms with Crippen LogP contribution in [0.1, 0.15) is 16.1 Å². The number of hydrogen-bond acceptors (Lipinski definition) is 5. The van der Waals surface area contributed by atoms with E-state index < -0.39 is 9.84 Å². The van der Waals surface area contributed by atoms with Crippen LogP contribution in [-0.2, 0) is 9.84 Å². The van der Waals surface area contributed by atoms with Gasteiger partial charge >= 0.3 is 0 Å². The maximum atomic E-state index is 12.3. The Bertz CT molecular complexity index is 829. The zero-order chi connectivity index (χ0) is 15.2. The van der Waals surface area contributed by atoms with Crippen LogP contribution in [0.2, 0.25) is 5.02 Å². The number of amides is 1. The second-order valence-electron chi connectivity index (χ2n) is 5.06. The Hall–Kier alpha value is -1.31. The summed E-state index contributed by atoms with van der Waals surface area (Å²) < 4.78 is 23.7. The van der Waals surface area contributed by atoms with E-state index in [4.69, 9.17) is 17.3 Å². The van der Waals surface area contributed by atoms with Gasteiger partial charge in [-0.15, -0.1) is 11.3 Å². The van der Waals surface area contributed by atoms with E-state index in [-0.39, 0.29) is 23.5 Å². The summed E-state index contributed by atoms with van der Waals surface area (Å²) in [6.45, 7) is 0. The molecule has 0 saturated carbocycles. The molecule has 1 aromatic heterocycles. The fourth-order valence-electron chi connectivity index (χ4n) is 2.42. The van der Waals surface area contributed by atoms with Gasteiger partial charge in [-0.25, -0.2) is 8.42 Å². The molecule has 1 aliphatic rings. The van der Waals surface area contributed by atoms with Crippen molar-refractivity contribution in [2.24, 2.45) is 0 Å². The summed E-state index contributed by atoms with van der Waals surface area (Å²) in [6.07, 6.45) is 0.449. The molecule has 0 aliphatic carbocycles. The first kappa shape index (κ1) is 14.6. The highest BCUT2D eigenvalue weighted by Crippen LogP contribution is 2.35. The van der Waals surface area contributed by atoms with Crippen LogP contribution in [0.3, 0.4) is 0 Å². The molecule has 0 radical (unpaired) electrons. The number of halogens is 1. The van der Waals surface area contributed by atoms with Crippen molar-refractivity contribution in [3.63, 3.8) is 0 Å². The number of anilines is 1. The number of fused-ring (bicyclic) bond motifs is 1. The minimum Gasteiger partial charge on any atom is -0.397 e. The zero-order valence-corrected chi connectivity index (χ0v) is 13.3. The van der Waals surface area contributed by atoms with Crippen molar-refractivity contribution < 1.29 is 13.2 Å². The Morgan fingerprint density at radius 3 is 2.86 bits per heavy atom. The Morgan fingerprint density at radius 2 is 2.19 bits per heavy atom. The van der Waals surface area contributed by atoms with E-state index >= 15 is 0 Å². The van der Waals surface area contributed by atoms with Crippen molar-refractivity contribution in [3.8, 4) is 0 Å². The Morgan fingerprint density at radius 1 is 1.43 bits per heavy atom. The number of benzene rings is 1. The third-order valence-corrected chi connectivity index (χ3v) is 6.63. The molecule has 1 aromatic carbocycles. The molecule has 1 amide bonds. The minimum atomic E-state index is -3.02. The molecule has 8 heteroatoms. The lowest BCUT2D eigenvalue weighted by Gasteiger charge is -2.09. The maximum Gasteiger partial charge on any atom is 0.263 e. The van der Waals surface area contributed by atoms with Crippen molar-refractivity contribution in [1.82, 2.24) is 5.32 Å². The van der Waals surface area contributed by atoms with E-state index in [2.05, 4.69) is 5.32 Å². The van der Waals surface area contributed by atoms with Gasteiger partial charge in [0.25, 0.3) is 5.91 Å². The summed E-state index contributed by atoms with van der Waals surface area (Å²) in [7, 11) is -3.02. The number of rotatable bonds is 2. The average molecular weight is 345 g/mol. The summed E-state index contributed by atoms with van der Waals surface area (Å²) in [6, 6.07) is 4.92. The molecule has 5 nitrogen and oxygen atoms in total. The minimum absolute atomic E-state index is 0.00460. The van der Waals surface area contributed by atoms with Gasteiger partial charge in [0.15, 0.2) is 9.84 Å². The van der Waals surface area contributed by atoms with E-state index in [0.29, 0.717) is 22.0 Å². The lowest BCUT2D eigenvalue weighted by atomic mass is 10.2. The molecule has 3 rings (SSSR count). The highest BCUT2D eigenvalue weighted by atomic mass is 35.5. The topological polar surface area (TPSA) is 89.3 Å². The molecule has 21 heavy (non-hydrogen) atoms. The van der Waals surface area contributed by atoms with Gasteiger partial charge in [-0.05, 0) is 24.6 Å². The molecule has 0 bridgehead atoms. The predicted octanol–water partition coefficient (Wildman–Crippen LogP) is 2.05. The van der Waals surface area contributed by atoms with E-state index in [1.165, 1.54) is 11.3 Å². The number of nitrogens with one attached hydrogen (secondary N) is 1.